The molecule has 5 heteroatoms. The molecule has 2 heterocycles. The standard InChI is InChI=1S/C17H19BrN2OS/c18-14-7-5-13(6-8-14)17(21)19-12-15(16-4-3-11-22-16)20-9-1-2-10-20/h3-8,11,15H,1-2,9-10,12H2,(H,19,21)/p+1/t15-/m0/s1. The molecule has 2 N–H and O–H groups in total. The maximum absolute atomic E-state index is 12.3. The van der Waals surface area contributed by atoms with Gasteiger partial charge in [-0.3, -0.25) is 4.79 Å². The van der Waals surface area contributed by atoms with Gasteiger partial charge in [0.1, 0.15) is 6.04 Å². The van der Waals surface area contributed by atoms with Gasteiger partial charge < -0.3 is 10.2 Å². The van der Waals surface area contributed by atoms with Crippen LogP contribution in [0.1, 0.15) is 34.1 Å². The zero-order valence-corrected chi connectivity index (χ0v) is 14.8. The minimum atomic E-state index is 0.00709. The lowest BCUT2D eigenvalue weighted by Crippen LogP contribution is -3.11. The summed E-state index contributed by atoms with van der Waals surface area (Å²) in [6, 6.07) is 12.2. The molecule has 116 valence electrons. The first-order chi connectivity index (χ1) is 10.7. The number of nitrogens with one attached hydrogen (secondary N) is 2. The SMILES string of the molecule is O=C(NC[C@@H](c1cccs1)[NH+]1CCCC1)c1ccc(Br)cc1. The van der Waals surface area contributed by atoms with Gasteiger partial charge in [-0.25, -0.2) is 0 Å². The number of benzene rings is 1. The molecule has 1 aromatic carbocycles. The van der Waals surface area contributed by atoms with Gasteiger partial charge in [-0.2, -0.15) is 0 Å². The van der Waals surface area contributed by atoms with Crippen molar-refractivity contribution in [2.24, 2.45) is 0 Å². The van der Waals surface area contributed by atoms with E-state index in [1.165, 1.54) is 30.8 Å². The van der Waals surface area contributed by atoms with Crippen LogP contribution in [-0.4, -0.2) is 25.5 Å². The largest absolute Gasteiger partial charge is 0.346 e. The number of hydrogen-bond acceptors (Lipinski definition) is 2. The van der Waals surface area contributed by atoms with E-state index in [1.807, 2.05) is 24.3 Å². The molecule has 0 unspecified atom stereocenters. The van der Waals surface area contributed by atoms with Gasteiger partial charge in [0.05, 0.1) is 24.5 Å². The topological polar surface area (TPSA) is 33.5 Å². The van der Waals surface area contributed by atoms with Gasteiger partial charge in [0.15, 0.2) is 0 Å². The van der Waals surface area contributed by atoms with Crippen molar-refractivity contribution in [1.82, 2.24) is 5.32 Å². The third kappa shape index (κ3) is 3.77. The van der Waals surface area contributed by atoms with Gasteiger partial charge in [0, 0.05) is 22.9 Å². The molecule has 0 saturated carbocycles. The lowest BCUT2D eigenvalue weighted by molar-refractivity contribution is -0.918. The predicted octanol–water partition coefficient (Wildman–Crippen LogP) is 2.66. The van der Waals surface area contributed by atoms with E-state index in [0.717, 1.165) is 4.47 Å². The van der Waals surface area contributed by atoms with Gasteiger partial charge in [-0.1, -0.05) is 22.0 Å². The average molecular weight is 380 g/mol. The molecule has 3 nitrogen and oxygen atoms in total. The van der Waals surface area contributed by atoms with E-state index in [-0.39, 0.29) is 5.91 Å². The molecule has 0 spiro atoms. The number of carbonyl (C=O) groups is 1. The summed E-state index contributed by atoms with van der Waals surface area (Å²) >= 11 is 5.18. The number of halogens is 1. The Morgan fingerprint density at radius 1 is 1.23 bits per heavy atom. The van der Waals surface area contributed by atoms with Crippen LogP contribution in [0.3, 0.4) is 0 Å². The zero-order chi connectivity index (χ0) is 15.4. The first kappa shape index (κ1) is 15.7. The van der Waals surface area contributed by atoms with Gasteiger partial charge in [-0.15, -0.1) is 11.3 Å². The van der Waals surface area contributed by atoms with Crippen LogP contribution in [0.2, 0.25) is 0 Å². The van der Waals surface area contributed by atoms with E-state index in [0.29, 0.717) is 18.2 Å². The molecule has 1 atom stereocenters. The van der Waals surface area contributed by atoms with Crippen LogP contribution in [-0.2, 0) is 0 Å². The molecular formula is C17H20BrN2OS+. The summed E-state index contributed by atoms with van der Waals surface area (Å²) in [5.74, 6) is 0.00709. The number of rotatable bonds is 5. The van der Waals surface area contributed by atoms with Crippen molar-refractivity contribution in [3.05, 3.63) is 56.7 Å². The fourth-order valence-corrected chi connectivity index (χ4v) is 4.16. The van der Waals surface area contributed by atoms with Crippen LogP contribution < -0.4 is 10.2 Å². The summed E-state index contributed by atoms with van der Waals surface area (Å²) in [7, 11) is 0. The van der Waals surface area contributed by atoms with Crippen LogP contribution in [0.5, 0.6) is 0 Å². The van der Waals surface area contributed by atoms with Crippen LogP contribution >= 0.6 is 27.3 Å². The van der Waals surface area contributed by atoms with Gasteiger partial charge in [-0.05, 0) is 35.7 Å². The quantitative estimate of drug-likeness (QED) is 0.822. The Hall–Kier alpha value is -1.17. The molecule has 1 amide bonds. The third-order valence-electron chi connectivity index (χ3n) is 4.20. The molecule has 2 aromatic rings. The van der Waals surface area contributed by atoms with E-state index in [2.05, 4.69) is 38.8 Å². The molecule has 0 radical (unpaired) electrons. The Bertz CT molecular complexity index is 606. The second-order valence-corrected chi connectivity index (χ2v) is 7.55. The van der Waals surface area contributed by atoms with E-state index in [4.69, 9.17) is 0 Å². The Labute approximate surface area is 143 Å². The monoisotopic (exact) mass is 379 g/mol. The molecule has 1 aliphatic rings. The normalized spacial score (nSPS) is 16.6. The number of thiophene rings is 1. The van der Waals surface area contributed by atoms with Crippen molar-refractivity contribution < 1.29 is 9.69 Å². The van der Waals surface area contributed by atoms with E-state index < -0.39 is 0 Å². The molecular weight excluding hydrogens is 360 g/mol. The van der Waals surface area contributed by atoms with Gasteiger partial charge in [0.2, 0.25) is 0 Å². The maximum atomic E-state index is 12.3. The number of likely N-dealkylation sites (tertiary alicyclic amines) is 1. The second kappa shape index (κ2) is 7.40. The highest BCUT2D eigenvalue weighted by molar-refractivity contribution is 9.10. The average Bonchev–Trinajstić information content (AvgIpc) is 3.22. The molecule has 1 aromatic heterocycles. The molecule has 1 saturated heterocycles. The smallest absolute Gasteiger partial charge is 0.251 e. The molecule has 1 aliphatic heterocycles. The highest BCUT2D eigenvalue weighted by Crippen LogP contribution is 2.17. The molecule has 0 bridgehead atoms. The Morgan fingerprint density at radius 2 is 1.95 bits per heavy atom. The van der Waals surface area contributed by atoms with Crippen LogP contribution in [0.25, 0.3) is 0 Å². The van der Waals surface area contributed by atoms with Crippen LogP contribution in [0, 0.1) is 0 Å². The Morgan fingerprint density at radius 3 is 2.59 bits per heavy atom. The zero-order valence-electron chi connectivity index (χ0n) is 12.3. The highest BCUT2D eigenvalue weighted by Gasteiger charge is 2.28. The minimum absolute atomic E-state index is 0.00709. The summed E-state index contributed by atoms with van der Waals surface area (Å²) in [4.78, 5) is 15.3. The summed E-state index contributed by atoms with van der Waals surface area (Å²) < 4.78 is 0.988. The fraction of sp³-hybridized carbons (Fsp3) is 0.353. The first-order valence-corrected chi connectivity index (χ1v) is 9.33. The minimum Gasteiger partial charge on any atom is -0.346 e. The van der Waals surface area contributed by atoms with E-state index >= 15 is 0 Å². The van der Waals surface area contributed by atoms with Crippen molar-refractivity contribution >= 4 is 33.2 Å². The van der Waals surface area contributed by atoms with Crippen LogP contribution in [0.4, 0.5) is 0 Å². The van der Waals surface area contributed by atoms with E-state index in [1.54, 1.807) is 16.2 Å². The first-order valence-electron chi connectivity index (χ1n) is 7.66. The van der Waals surface area contributed by atoms with Crippen molar-refractivity contribution in [3.8, 4) is 0 Å². The summed E-state index contributed by atoms with van der Waals surface area (Å²) in [6.45, 7) is 3.11. The second-order valence-electron chi connectivity index (χ2n) is 5.65. The summed E-state index contributed by atoms with van der Waals surface area (Å²) in [5.41, 5.74) is 0.713. The number of carbonyl (C=O) groups excluding carboxylic acids is 1. The molecule has 3 rings (SSSR count). The van der Waals surface area contributed by atoms with Crippen molar-refractivity contribution in [2.45, 2.75) is 18.9 Å². The number of hydrogen-bond donors (Lipinski definition) is 2. The number of quaternary nitrogens is 1. The van der Waals surface area contributed by atoms with Gasteiger partial charge in [0.25, 0.3) is 5.91 Å². The predicted molar refractivity (Wildman–Crippen MR) is 93.5 cm³/mol. The van der Waals surface area contributed by atoms with Crippen molar-refractivity contribution in [2.75, 3.05) is 19.6 Å². The van der Waals surface area contributed by atoms with Crippen molar-refractivity contribution in [3.63, 3.8) is 0 Å². The Kier molecular flexibility index (Phi) is 5.28. The van der Waals surface area contributed by atoms with Crippen LogP contribution in [0.15, 0.2) is 46.3 Å². The molecule has 0 aliphatic carbocycles. The van der Waals surface area contributed by atoms with Gasteiger partial charge >= 0.3 is 0 Å². The van der Waals surface area contributed by atoms with E-state index in [9.17, 15) is 4.79 Å². The summed E-state index contributed by atoms with van der Waals surface area (Å²) in [6.07, 6.45) is 2.58. The lowest BCUT2D eigenvalue weighted by atomic mass is 10.2. The maximum Gasteiger partial charge on any atom is 0.251 e. The third-order valence-corrected chi connectivity index (χ3v) is 5.71. The van der Waals surface area contributed by atoms with Crippen molar-refractivity contribution in [1.29, 1.82) is 0 Å². The molecule has 22 heavy (non-hydrogen) atoms. The molecule has 1 fully saturated rings. The Balaban J connectivity index is 1.66. The summed E-state index contributed by atoms with van der Waals surface area (Å²) in [5, 5.41) is 5.23. The highest BCUT2D eigenvalue weighted by atomic mass is 79.9. The fourth-order valence-electron chi connectivity index (χ4n) is 3.01. The lowest BCUT2D eigenvalue weighted by Gasteiger charge is -2.24. The number of amides is 1.